The lowest BCUT2D eigenvalue weighted by Crippen LogP contribution is -2.14. The van der Waals surface area contributed by atoms with Crippen molar-refractivity contribution in [3.05, 3.63) is 0 Å². The first-order valence-electron chi connectivity index (χ1n) is 2.93. The van der Waals surface area contributed by atoms with Gasteiger partial charge in [-0.25, -0.2) is 0 Å². The molecule has 0 fully saturated rings. The van der Waals surface area contributed by atoms with Gasteiger partial charge >= 0.3 is 0 Å². The Morgan fingerprint density at radius 2 is 1.89 bits per heavy atom. The van der Waals surface area contributed by atoms with Crippen molar-refractivity contribution >= 4 is 10.1 Å². The van der Waals surface area contributed by atoms with Gasteiger partial charge in [-0.2, -0.15) is 8.42 Å². The summed E-state index contributed by atoms with van der Waals surface area (Å²) in [7, 11) is -4.01. The van der Waals surface area contributed by atoms with Gasteiger partial charge in [0, 0.05) is 0 Å². The molecule has 55 valence electrons. The fourth-order valence-electron chi connectivity index (χ4n) is 0.551. The van der Waals surface area contributed by atoms with Crippen LogP contribution in [0.5, 0.6) is 0 Å². The molecule has 0 spiro atoms. The summed E-state index contributed by atoms with van der Waals surface area (Å²) in [5.74, 6) is 0. The minimum absolute atomic E-state index is 0.464. The van der Waals surface area contributed by atoms with Crippen LogP contribution in [0.15, 0.2) is 0 Å². The molecule has 9 heavy (non-hydrogen) atoms. The van der Waals surface area contributed by atoms with Gasteiger partial charge in [-0.1, -0.05) is 17.9 Å². The van der Waals surface area contributed by atoms with Crippen LogP contribution in [0.25, 0.3) is 0 Å². The molecule has 0 amide bonds. The van der Waals surface area contributed by atoms with E-state index in [1.165, 1.54) is 6.92 Å². The molecule has 0 aromatic rings. The lowest BCUT2D eigenvalue weighted by Gasteiger charge is -2.01. The first kappa shape index (κ1) is 8.91. The van der Waals surface area contributed by atoms with Gasteiger partial charge in [0.2, 0.25) is 0 Å². The van der Waals surface area contributed by atoms with E-state index in [9.17, 15) is 13.0 Å². The van der Waals surface area contributed by atoms with E-state index in [4.69, 9.17) is 0 Å². The Balaban J connectivity index is 3.90. The highest BCUT2D eigenvalue weighted by atomic mass is 32.2. The first-order chi connectivity index (χ1) is 3.98. The molecule has 0 aliphatic heterocycles. The average Bonchev–Trinajstić information content (AvgIpc) is 1.64. The molecule has 4 heteroatoms. The van der Waals surface area contributed by atoms with E-state index < -0.39 is 15.4 Å². The summed E-state index contributed by atoms with van der Waals surface area (Å²) in [5, 5.41) is -0.720. The zero-order valence-corrected chi connectivity index (χ0v) is 6.44. The topological polar surface area (TPSA) is 54.0 Å². The third-order valence-electron chi connectivity index (χ3n) is 1.19. The Morgan fingerprint density at radius 3 is 2.00 bits per heavy atom. The second kappa shape index (κ2) is 3.17. The van der Waals surface area contributed by atoms with Crippen LogP contribution in [0.3, 0.4) is 0 Å². The third-order valence-corrected chi connectivity index (χ3v) is 2.41. The second-order valence-electron chi connectivity index (χ2n) is 2.09. The van der Waals surface area contributed by atoms with Crippen LogP contribution in [-0.4, -0.2) is 13.7 Å². The van der Waals surface area contributed by atoms with Gasteiger partial charge in [0.15, 0.2) is 0 Å². The summed E-state index contributed by atoms with van der Waals surface area (Å²) in [5.41, 5.74) is 0. The molecule has 3 nitrogen and oxygen atoms in total. The third kappa shape index (κ3) is 3.48. The van der Waals surface area contributed by atoms with Crippen LogP contribution >= 0.6 is 0 Å². The van der Waals surface area contributed by atoms with Crippen molar-refractivity contribution in [2.45, 2.75) is 31.9 Å². The molecule has 0 aliphatic carbocycles. The van der Waals surface area contributed by atoms with Crippen molar-refractivity contribution < 1.29 is 13.0 Å². The van der Waals surface area contributed by atoms with Crippen molar-refractivity contribution in [3.63, 3.8) is 0 Å². The molecule has 0 N–H and O–H groups in total. The van der Waals surface area contributed by atoms with E-state index in [0.29, 0.717) is 6.42 Å². The van der Waals surface area contributed by atoms with Crippen molar-refractivity contribution in [2.24, 2.45) is 0 Å². The zero-order chi connectivity index (χ0) is 7.49. The Labute approximate surface area is 55.8 Å². The summed E-state index contributed by atoms with van der Waals surface area (Å²) >= 11 is 0. The Kier molecular flexibility index (Phi) is 3.14. The van der Waals surface area contributed by atoms with E-state index in [1.807, 2.05) is 6.92 Å². The molecule has 0 saturated heterocycles. The Morgan fingerprint density at radius 1 is 1.44 bits per heavy atom. The smallest absolute Gasteiger partial charge is 0.197 e. The average molecular weight is 151 g/mol. The van der Waals surface area contributed by atoms with E-state index in [0.717, 1.165) is 6.42 Å². The van der Waals surface area contributed by atoms with Crippen LogP contribution in [0, 0.1) is 0 Å². The normalized spacial score (nSPS) is 15.4. The minimum atomic E-state index is -4.01. The van der Waals surface area contributed by atoms with Crippen LogP contribution in [0.4, 0.5) is 0 Å². The molecule has 0 aliphatic rings. The summed E-state index contributed by atoms with van der Waals surface area (Å²) in [4.78, 5) is 0. The molecule has 0 bridgehead atoms. The van der Waals surface area contributed by atoms with Gasteiger partial charge in [-0.3, -0.25) is 0 Å². The highest BCUT2D eigenvalue weighted by Crippen LogP contribution is 2.05. The molecule has 0 rings (SSSR count). The zero-order valence-electron chi connectivity index (χ0n) is 5.62. The molecule has 0 aromatic heterocycles. The minimum Gasteiger partial charge on any atom is -0.197 e. The van der Waals surface area contributed by atoms with Crippen LogP contribution in [0.1, 0.15) is 26.7 Å². The predicted molar refractivity (Wildman–Crippen MR) is 34.0 cm³/mol. The van der Waals surface area contributed by atoms with Crippen LogP contribution in [0.2, 0.25) is 0 Å². The fourth-order valence-corrected chi connectivity index (χ4v) is 1.08. The maximum atomic E-state index is 10.2. The summed E-state index contributed by atoms with van der Waals surface area (Å²) in [6.45, 7) is 3.29. The van der Waals surface area contributed by atoms with Crippen molar-refractivity contribution in [1.82, 2.24) is 0 Å². The predicted octanol–water partition coefficient (Wildman–Crippen LogP) is 0.935. The molecule has 0 saturated carbocycles. The van der Waals surface area contributed by atoms with Crippen LogP contribution in [-0.2, 0) is 14.7 Å². The molecule has 1 atom stereocenters. The molecule has 0 heterocycles. The second-order valence-corrected chi connectivity index (χ2v) is 3.88. The summed E-state index contributed by atoms with van der Waals surface area (Å²) in [6.07, 6.45) is 1.20. The van der Waals surface area contributed by atoms with Crippen molar-refractivity contribution in [1.29, 1.82) is 0 Å². The number of hydrogen-bond donors (Lipinski definition) is 0. The van der Waals surface area contributed by atoms with Gasteiger partial charge < -0.3 is 0 Å². The lowest BCUT2D eigenvalue weighted by molar-refractivity contribution is 0.401. The van der Waals surface area contributed by atoms with Gasteiger partial charge in [-0.15, -0.1) is 0 Å². The van der Waals surface area contributed by atoms with Gasteiger partial charge in [-0.05, 0) is 13.3 Å². The van der Waals surface area contributed by atoms with Crippen molar-refractivity contribution in [3.8, 4) is 0 Å². The van der Waals surface area contributed by atoms with E-state index >= 15 is 0 Å². The molecule has 1 unspecified atom stereocenters. The van der Waals surface area contributed by atoms with Crippen molar-refractivity contribution in [2.75, 3.05) is 0 Å². The molecular weight excluding hydrogens is 140 g/mol. The Bertz CT molecular complexity index is 159. The van der Waals surface area contributed by atoms with E-state index in [1.54, 1.807) is 0 Å². The monoisotopic (exact) mass is 151 g/mol. The van der Waals surface area contributed by atoms with E-state index in [2.05, 4.69) is 0 Å². The number of hydrogen-bond acceptors (Lipinski definition) is 2. The molecular formula is C5H11O3S. The van der Waals surface area contributed by atoms with Gasteiger partial charge in [0.05, 0.1) is 5.25 Å². The summed E-state index contributed by atoms with van der Waals surface area (Å²) in [6, 6.07) is 0. The van der Waals surface area contributed by atoms with E-state index in [-0.39, 0.29) is 0 Å². The summed E-state index contributed by atoms with van der Waals surface area (Å²) < 4.78 is 30.5. The highest BCUT2D eigenvalue weighted by molar-refractivity contribution is 7.86. The van der Waals surface area contributed by atoms with Crippen LogP contribution < -0.4 is 0 Å². The van der Waals surface area contributed by atoms with Gasteiger partial charge in [0.1, 0.15) is 0 Å². The standard InChI is InChI=1S/C5H11O3S/c1-3-4-5(2)9(6,7)8/h5H,3-4H2,1-2H3. The SMILES string of the molecule is CCCC(C)S([O])(=O)=O. The maximum absolute atomic E-state index is 10.2. The first-order valence-corrected chi connectivity index (χ1v) is 4.40. The molecule has 0 aromatic carbocycles. The lowest BCUT2D eigenvalue weighted by atomic mass is 10.3. The molecule has 1 radical (unpaired) electrons. The van der Waals surface area contributed by atoms with Gasteiger partial charge in [0.25, 0.3) is 10.1 Å². The fraction of sp³-hybridized carbons (Fsp3) is 1.00. The number of rotatable bonds is 3. The Hall–Kier alpha value is -0.0900. The largest absolute Gasteiger partial charge is 0.297 e. The highest BCUT2D eigenvalue weighted by Gasteiger charge is 2.16. The quantitative estimate of drug-likeness (QED) is 0.602. The maximum Gasteiger partial charge on any atom is 0.297 e.